The van der Waals surface area contributed by atoms with Gasteiger partial charge in [-0.05, 0) is 17.5 Å². The molecule has 16 heavy (non-hydrogen) atoms. The minimum Gasteiger partial charge on any atom is -0.323 e. The molecule has 2 aromatic rings. The lowest BCUT2D eigenvalue weighted by atomic mass is 10.2. The fourth-order valence-electron chi connectivity index (χ4n) is 1.55. The maximum absolute atomic E-state index is 11.6. The third-order valence-electron chi connectivity index (χ3n) is 2.15. The maximum Gasteiger partial charge on any atom is 0.330 e. The van der Waals surface area contributed by atoms with E-state index in [1.807, 2.05) is 13.8 Å². The van der Waals surface area contributed by atoms with Crippen molar-refractivity contribution in [2.45, 2.75) is 20.4 Å². The number of fused-ring (bicyclic) bond motifs is 1. The van der Waals surface area contributed by atoms with E-state index in [0.29, 0.717) is 12.2 Å². The Morgan fingerprint density at radius 1 is 1.38 bits per heavy atom. The molecule has 0 bridgehead atoms. The van der Waals surface area contributed by atoms with Gasteiger partial charge in [-0.3, -0.25) is 14.3 Å². The summed E-state index contributed by atoms with van der Waals surface area (Å²) in [6.45, 7) is 4.42. The van der Waals surface area contributed by atoms with Crippen molar-refractivity contribution in [1.82, 2.24) is 19.5 Å². The van der Waals surface area contributed by atoms with Crippen molar-refractivity contribution in [3.63, 3.8) is 0 Å². The van der Waals surface area contributed by atoms with E-state index in [1.54, 1.807) is 0 Å². The molecule has 86 valence electrons. The van der Waals surface area contributed by atoms with E-state index in [2.05, 4.69) is 15.0 Å². The molecular weight excluding hydrogens is 232 g/mol. The molecule has 0 unspecified atom stereocenters. The van der Waals surface area contributed by atoms with Crippen molar-refractivity contribution in [3.05, 3.63) is 26.1 Å². The van der Waals surface area contributed by atoms with E-state index >= 15 is 0 Å². The van der Waals surface area contributed by atoms with E-state index in [0.717, 1.165) is 0 Å². The van der Waals surface area contributed by atoms with Crippen molar-refractivity contribution in [1.29, 1.82) is 0 Å². The zero-order valence-corrected chi connectivity index (χ0v) is 9.63. The topological polar surface area (TPSA) is 83.5 Å². The minimum absolute atomic E-state index is 0.101. The molecule has 7 heteroatoms. The van der Waals surface area contributed by atoms with Gasteiger partial charge in [-0.2, -0.15) is 4.98 Å². The molecule has 2 rings (SSSR count). The van der Waals surface area contributed by atoms with Gasteiger partial charge in [0.1, 0.15) is 0 Å². The van der Waals surface area contributed by atoms with Crippen LogP contribution in [0.4, 0.5) is 0 Å². The zero-order valence-electron chi connectivity index (χ0n) is 8.87. The molecule has 0 aliphatic heterocycles. The Labute approximate surface area is 95.3 Å². The Kier molecular flexibility index (Phi) is 2.59. The number of hydrogen-bond donors (Lipinski definition) is 2. The van der Waals surface area contributed by atoms with Crippen LogP contribution in [0.15, 0.2) is 9.59 Å². The van der Waals surface area contributed by atoms with Crippen LogP contribution in [0.2, 0.25) is 5.28 Å². The SMILES string of the molecule is CC(C)Cn1c(=O)[nH]c(=O)c2[nH]c(Cl)nc21. The number of rotatable bonds is 2. The van der Waals surface area contributed by atoms with Crippen LogP contribution in [0.3, 0.4) is 0 Å². The molecule has 0 atom stereocenters. The third kappa shape index (κ3) is 1.76. The lowest BCUT2D eigenvalue weighted by molar-refractivity contribution is 0.513. The molecule has 0 aliphatic carbocycles. The highest BCUT2D eigenvalue weighted by Crippen LogP contribution is 2.10. The summed E-state index contributed by atoms with van der Waals surface area (Å²) >= 11 is 5.68. The van der Waals surface area contributed by atoms with Crippen LogP contribution in [-0.4, -0.2) is 19.5 Å². The van der Waals surface area contributed by atoms with Gasteiger partial charge in [0.15, 0.2) is 11.2 Å². The average Bonchev–Trinajstić information content (AvgIpc) is 2.54. The Morgan fingerprint density at radius 2 is 2.06 bits per heavy atom. The van der Waals surface area contributed by atoms with Crippen LogP contribution in [-0.2, 0) is 6.54 Å². The van der Waals surface area contributed by atoms with Gasteiger partial charge < -0.3 is 4.98 Å². The largest absolute Gasteiger partial charge is 0.330 e. The summed E-state index contributed by atoms with van der Waals surface area (Å²) in [5, 5.41) is 0.101. The summed E-state index contributed by atoms with van der Waals surface area (Å²) in [5.41, 5.74) is -0.438. The molecule has 0 aliphatic rings. The summed E-state index contributed by atoms with van der Waals surface area (Å²) in [4.78, 5) is 31.8. The summed E-state index contributed by atoms with van der Waals surface area (Å²) in [7, 11) is 0. The molecule has 0 amide bonds. The standard InChI is InChI=1S/C9H11ClN4O2/c1-4(2)3-14-6-5(11-8(10)12-6)7(15)13-9(14)16/h4H,3H2,1-2H3,(H,11,12)(H,13,15,16). The summed E-state index contributed by atoms with van der Waals surface area (Å²) in [6, 6.07) is 0. The Balaban J connectivity index is 2.81. The van der Waals surface area contributed by atoms with Crippen molar-refractivity contribution < 1.29 is 0 Å². The van der Waals surface area contributed by atoms with Gasteiger partial charge >= 0.3 is 5.69 Å². The number of imidazole rings is 1. The Morgan fingerprint density at radius 3 is 2.69 bits per heavy atom. The fourth-order valence-corrected chi connectivity index (χ4v) is 1.72. The van der Waals surface area contributed by atoms with Crippen molar-refractivity contribution in [3.8, 4) is 0 Å². The normalized spacial score (nSPS) is 11.5. The molecule has 0 fully saturated rings. The van der Waals surface area contributed by atoms with E-state index in [-0.39, 0.29) is 16.7 Å². The predicted octanol–water partition coefficient (Wildman–Crippen LogP) is 0.722. The van der Waals surface area contributed by atoms with Crippen LogP contribution in [0.5, 0.6) is 0 Å². The van der Waals surface area contributed by atoms with Gasteiger partial charge in [0, 0.05) is 6.54 Å². The molecule has 0 saturated heterocycles. The van der Waals surface area contributed by atoms with Crippen LogP contribution in [0.25, 0.3) is 11.2 Å². The highest BCUT2D eigenvalue weighted by atomic mass is 35.5. The van der Waals surface area contributed by atoms with Gasteiger partial charge in [-0.1, -0.05) is 13.8 Å². The molecule has 2 aromatic heterocycles. The van der Waals surface area contributed by atoms with Gasteiger partial charge in [0.05, 0.1) is 0 Å². The number of aromatic nitrogens is 4. The second kappa shape index (κ2) is 3.79. The third-order valence-corrected chi connectivity index (χ3v) is 2.33. The first-order chi connectivity index (χ1) is 7.49. The van der Waals surface area contributed by atoms with Gasteiger partial charge in [0.2, 0.25) is 5.28 Å². The van der Waals surface area contributed by atoms with Crippen LogP contribution in [0.1, 0.15) is 13.8 Å². The second-order valence-electron chi connectivity index (χ2n) is 3.99. The van der Waals surface area contributed by atoms with Crippen LogP contribution in [0, 0.1) is 5.92 Å². The number of aromatic amines is 2. The molecule has 0 aromatic carbocycles. The van der Waals surface area contributed by atoms with Crippen LogP contribution >= 0.6 is 11.6 Å². The molecule has 0 radical (unpaired) electrons. The van der Waals surface area contributed by atoms with Gasteiger partial charge in [0.25, 0.3) is 5.56 Å². The van der Waals surface area contributed by atoms with E-state index in [9.17, 15) is 9.59 Å². The predicted molar refractivity (Wildman–Crippen MR) is 60.8 cm³/mol. The first-order valence-corrected chi connectivity index (χ1v) is 5.25. The van der Waals surface area contributed by atoms with Gasteiger partial charge in [-0.25, -0.2) is 4.79 Å². The minimum atomic E-state index is -0.501. The Bertz CT molecular complexity index is 637. The van der Waals surface area contributed by atoms with E-state index in [4.69, 9.17) is 11.6 Å². The summed E-state index contributed by atoms with van der Waals surface area (Å²) < 4.78 is 1.41. The van der Waals surface area contributed by atoms with Crippen molar-refractivity contribution in [2.24, 2.45) is 5.92 Å². The van der Waals surface area contributed by atoms with E-state index in [1.165, 1.54) is 4.57 Å². The smallest absolute Gasteiger partial charge is 0.323 e. The number of nitrogens with one attached hydrogen (secondary N) is 2. The maximum atomic E-state index is 11.6. The lowest BCUT2D eigenvalue weighted by Crippen LogP contribution is -2.31. The molecule has 2 heterocycles. The molecule has 0 saturated carbocycles. The van der Waals surface area contributed by atoms with Crippen molar-refractivity contribution in [2.75, 3.05) is 0 Å². The Hall–Kier alpha value is -1.56. The number of hydrogen-bond acceptors (Lipinski definition) is 3. The van der Waals surface area contributed by atoms with E-state index < -0.39 is 11.2 Å². The van der Waals surface area contributed by atoms with Crippen LogP contribution < -0.4 is 11.2 Å². The molecule has 2 N–H and O–H groups in total. The van der Waals surface area contributed by atoms with Gasteiger partial charge in [-0.15, -0.1) is 0 Å². The lowest BCUT2D eigenvalue weighted by Gasteiger charge is -2.07. The highest BCUT2D eigenvalue weighted by molar-refractivity contribution is 6.28. The molecule has 6 nitrogen and oxygen atoms in total. The summed E-state index contributed by atoms with van der Waals surface area (Å²) in [6.07, 6.45) is 0. The highest BCUT2D eigenvalue weighted by Gasteiger charge is 2.12. The number of H-pyrrole nitrogens is 2. The molecule has 0 spiro atoms. The van der Waals surface area contributed by atoms with Crippen molar-refractivity contribution >= 4 is 22.8 Å². The molecular formula is C9H11ClN4O2. The zero-order chi connectivity index (χ0) is 11.9. The second-order valence-corrected chi connectivity index (χ2v) is 4.35. The number of nitrogens with zero attached hydrogens (tertiary/aromatic N) is 2. The quantitative estimate of drug-likeness (QED) is 0.762. The first-order valence-electron chi connectivity index (χ1n) is 4.87. The first kappa shape index (κ1) is 10.9. The average molecular weight is 243 g/mol. The summed E-state index contributed by atoms with van der Waals surface area (Å²) in [5.74, 6) is 0.266. The monoisotopic (exact) mass is 242 g/mol. The fraction of sp³-hybridized carbons (Fsp3) is 0.444. The number of halogens is 1.